The smallest absolute Gasteiger partial charge is 0.251 e. The predicted molar refractivity (Wildman–Crippen MR) is 113 cm³/mol. The van der Waals surface area contributed by atoms with Crippen molar-refractivity contribution < 1.29 is 19.1 Å². The van der Waals surface area contributed by atoms with E-state index >= 15 is 0 Å². The Bertz CT molecular complexity index is 837. The van der Waals surface area contributed by atoms with Gasteiger partial charge in [0.05, 0.1) is 13.2 Å². The molecule has 0 bridgehead atoms. The van der Waals surface area contributed by atoms with Crippen LogP contribution < -0.4 is 21.3 Å². The summed E-state index contributed by atoms with van der Waals surface area (Å²) in [6.07, 6.45) is 0.403. The van der Waals surface area contributed by atoms with E-state index in [1.54, 1.807) is 62.6 Å². The standard InChI is InChI=1S/C21H26N4O4/c1-3-19(26)24-16-7-9-17(10-8-16)25-20(27)14-23-18-6-4-5-15(13-18)21(28)22-11-12-29-2/h4-10,13,23H,3,11-12,14H2,1-2H3,(H,22,28)(H,24,26)(H,25,27). The summed E-state index contributed by atoms with van der Waals surface area (Å²) in [5.74, 6) is -0.503. The minimum atomic E-state index is -0.231. The van der Waals surface area contributed by atoms with E-state index in [4.69, 9.17) is 4.74 Å². The number of anilines is 3. The van der Waals surface area contributed by atoms with Gasteiger partial charge in [0.15, 0.2) is 0 Å². The summed E-state index contributed by atoms with van der Waals surface area (Å²) in [5.41, 5.74) is 2.46. The first-order valence-electron chi connectivity index (χ1n) is 9.32. The Morgan fingerprint density at radius 1 is 0.897 bits per heavy atom. The van der Waals surface area contributed by atoms with Gasteiger partial charge in [0.1, 0.15) is 0 Å². The highest BCUT2D eigenvalue weighted by atomic mass is 16.5. The minimum Gasteiger partial charge on any atom is -0.383 e. The Kier molecular flexibility index (Phi) is 8.65. The van der Waals surface area contributed by atoms with Crippen molar-refractivity contribution >= 4 is 34.8 Å². The molecule has 29 heavy (non-hydrogen) atoms. The van der Waals surface area contributed by atoms with Crippen LogP contribution in [0.4, 0.5) is 17.1 Å². The van der Waals surface area contributed by atoms with Gasteiger partial charge in [0.25, 0.3) is 5.91 Å². The lowest BCUT2D eigenvalue weighted by molar-refractivity contribution is -0.116. The summed E-state index contributed by atoms with van der Waals surface area (Å²) in [6, 6.07) is 13.8. The van der Waals surface area contributed by atoms with Crippen LogP contribution in [0.3, 0.4) is 0 Å². The van der Waals surface area contributed by atoms with E-state index in [1.165, 1.54) is 0 Å². The van der Waals surface area contributed by atoms with Gasteiger partial charge in [0, 0.05) is 42.7 Å². The molecule has 2 aromatic rings. The fraction of sp³-hybridized carbons (Fsp3) is 0.286. The van der Waals surface area contributed by atoms with Crippen LogP contribution in [0.15, 0.2) is 48.5 Å². The summed E-state index contributed by atoms with van der Waals surface area (Å²) in [6.45, 7) is 2.69. The molecule has 0 saturated carbocycles. The Morgan fingerprint density at radius 2 is 1.55 bits per heavy atom. The van der Waals surface area contributed by atoms with Crippen LogP contribution in [-0.2, 0) is 14.3 Å². The summed E-state index contributed by atoms with van der Waals surface area (Å²) in [7, 11) is 1.57. The third-order valence-electron chi connectivity index (χ3n) is 3.94. The number of carbonyl (C=O) groups excluding carboxylic acids is 3. The molecule has 0 aliphatic rings. The molecule has 4 N–H and O–H groups in total. The van der Waals surface area contributed by atoms with Crippen molar-refractivity contribution in [1.82, 2.24) is 5.32 Å². The molecule has 2 aromatic carbocycles. The Labute approximate surface area is 170 Å². The second kappa shape index (κ2) is 11.5. The molecule has 0 radical (unpaired) electrons. The molecule has 8 heteroatoms. The zero-order valence-corrected chi connectivity index (χ0v) is 16.6. The van der Waals surface area contributed by atoms with E-state index in [2.05, 4.69) is 21.3 Å². The number of methoxy groups -OCH3 is 1. The number of nitrogens with one attached hydrogen (secondary N) is 4. The summed E-state index contributed by atoms with van der Waals surface area (Å²) in [4.78, 5) is 35.6. The van der Waals surface area contributed by atoms with Gasteiger partial charge in [-0.1, -0.05) is 13.0 Å². The van der Waals surface area contributed by atoms with Crippen molar-refractivity contribution in [3.8, 4) is 0 Å². The SMILES string of the molecule is CCC(=O)Nc1ccc(NC(=O)CNc2cccc(C(=O)NCCOC)c2)cc1. The van der Waals surface area contributed by atoms with Crippen molar-refractivity contribution in [2.24, 2.45) is 0 Å². The molecular formula is C21H26N4O4. The first-order chi connectivity index (χ1) is 14.0. The average molecular weight is 398 g/mol. The summed E-state index contributed by atoms with van der Waals surface area (Å²) >= 11 is 0. The van der Waals surface area contributed by atoms with Gasteiger partial charge in [-0.15, -0.1) is 0 Å². The third-order valence-corrected chi connectivity index (χ3v) is 3.94. The van der Waals surface area contributed by atoms with Gasteiger partial charge >= 0.3 is 0 Å². The molecule has 0 heterocycles. The maximum Gasteiger partial charge on any atom is 0.251 e. The molecule has 3 amide bonds. The maximum absolute atomic E-state index is 12.2. The third kappa shape index (κ3) is 7.63. The van der Waals surface area contributed by atoms with Crippen LogP contribution >= 0.6 is 0 Å². The molecule has 0 spiro atoms. The summed E-state index contributed by atoms with van der Waals surface area (Å²) in [5, 5.41) is 11.3. The van der Waals surface area contributed by atoms with Crippen molar-refractivity contribution in [1.29, 1.82) is 0 Å². The fourth-order valence-electron chi connectivity index (χ4n) is 2.41. The van der Waals surface area contributed by atoms with E-state index in [1.807, 2.05) is 0 Å². The van der Waals surface area contributed by atoms with E-state index < -0.39 is 0 Å². The molecule has 2 rings (SSSR count). The van der Waals surface area contributed by atoms with Crippen LogP contribution in [-0.4, -0.2) is 44.5 Å². The zero-order valence-electron chi connectivity index (χ0n) is 16.6. The molecule has 154 valence electrons. The van der Waals surface area contributed by atoms with Crippen molar-refractivity contribution in [3.05, 3.63) is 54.1 Å². The van der Waals surface area contributed by atoms with Crippen molar-refractivity contribution in [3.63, 3.8) is 0 Å². The topological polar surface area (TPSA) is 109 Å². The highest BCUT2D eigenvalue weighted by Gasteiger charge is 2.07. The lowest BCUT2D eigenvalue weighted by Gasteiger charge is -2.10. The number of hydrogen-bond donors (Lipinski definition) is 4. The second-order valence-corrected chi connectivity index (χ2v) is 6.21. The van der Waals surface area contributed by atoms with E-state index in [0.29, 0.717) is 42.2 Å². The number of benzene rings is 2. The summed E-state index contributed by atoms with van der Waals surface area (Å²) < 4.78 is 4.90. The predicted octanol–water partition coefficient (Wildman–Crippen LogP) is 2.46. The number of hydrogen-bond acceptors (Lipinski definition) is 5. The quantitative estimate of drug-likeness (QED) is 0.460. The van der Waals surface area contributed by atoms with Crippen LogP contribution in [0.25, 0.3) is 0 Å². The van der Waals surface area contributed by atoms with E-state index in [-0.39, 0.29) is 24.3 Å². The molecule has 8 nitrogen and oxygen atoms in total. The number of amides is 3. The molecule has 0 saturated heterocycles. The minimum absolute atomic E-state index is 0.0447. The van der Waals surface area contributed by atoms with Crippen molar-refractivity contribution in [2.75, 3.05) is 42.8 Å². The highest BCUT2D eigenvalue weighted by molar-refractivity contribution is 5.96. The lowest BCUT2D eigenvalue weighted by Crippen LogP contribution is -2.27. The van der Waals surface area contributed by atoms with Crippen LogP contribution in [0, 0.1) is 0 Å². The van der Waals surface area contributed by atoms with Crippen LogP contribution in [0.2, 0.25) is 0 Å². The molecular weight excluding hydrogens is 372 g/mol. The average Bonchev–Trinajstić information content (AvgIpc) is 2.74. The molecule has 0 aliphatic carbocycles. The van der Waals surface area contributed by atoms with Gasteiger partial charge in [-0.25, -0.2) is 0 Å². The van der Waals surface area contributed by atoms with E-state index in [0.717, 1.165) is 0 Å². The first kappa shape index (κ1) is 21.9. The van der Waals surface area contributed by atoms with Gasteiger partial charge in [-0.05, 0) is 42.5 Å². The van der Waals surface area contributed by atoms with Crippen LogP contribution in [0.1, 0.15) is 23.7 Å². The number of carbonyl (C=O) groups is 3. The number of ether oxygens (including phenoxy) is 1. The van der Waals surface area contributed by atoms with E-state index in [9.17, 15) is 14.4 Å². The Morgan fingerprint density at radius 3 is 2.17 bits per heavy atom. The molecule has 0 atom stereocenters. The molecule has 0 aromatic heterocycles. The fourth-order valence-corrected chi connectivity index (χ4v) is 2.41. The maximum atomic E-state index is 12.2. The monoisotopic (exact) mass is 398 g/mol. The highest BCUT2D eigenvalue weighted by Crippen LogP contribution is 2.14. The van der Waals surface area contributed by atoms with Gasteiger partial charge in [-0.2, -0.15) is 0 Å². The van der Waals surface area contributed by atoms with Gasteiger partial charge < -0.3 is 26.0 Å². The largest absolute Gasteiger partial charge is 0.383 e. The van der Waals surface area contributed by atoms with Gasteiger partial charge in [-0.3, -0.25) is 14.4 Å². The molecule has 0 aliphatic heterocycles. The van der Waals surface area contributed by atoms with Crippen LogP contribution in [0.5, 0.6) is 0 Å². The van der Waals surface area contributed by atoms with Crippen molar-refractivity contribution in [2.45, 2.75) is 13.3 Å². The Balaban J connectivity index is 1.83. The normalized spacial score (nSPS) is 10.1. The molecule has 0 unspecified atom stereocenters. The second-order valence-electron chi connectivity index (χ2n) is 6.21. The zero-order chi connectivity index (χ0) is 21.1. The van der Waals surface area contributed by atoms with Gasteiger partial charge in [0.2, 0.25) is 11.8 Å². The molecule has 0 fully saturated rings. The Hall–Kier alpha value is -3.39. The lowest BCUT2D eigenvalue weighted by atomic mass is 10.2. The number of rotatable bonds is 10. The first-order valence-corrected chi connectivity index (χ1v) is 9.32.